The first kappa shape index (κ1) is 11.1. The summed E-state index contributed by atoms with van der Waals surface area (Å²) in [5.74, 6) is 0. The lowest BCUT2D eigenvalue weighted by molar-refractivity contribution is 0.477. The smallest absolute Gasteiger partial charge is 0.0306 e. The second kappa shape index (κ2) is 5.10. The summed E-state index contributed by atoms with van der Waals surface area (Å²) < 4.78 is 1.19. The quantitative estimate of drug-likeness (QED) is 0.880. The van der Waals surface area contributed by atoms with E-state index >= 15 is 0 Å². The van der Waals surface area contributed by atoms with E-state index in [1.807, 2.05) is 0 Å². The van der Waals surface area contributed by atoms with Gasteiger partial charge in [-0.3, -0.25) is 0 Å². The fourth-order valence-corrected chi connectivity index (χ4v) is 2.69. The van der Waals surface area contributed by atoms with Gasteiger partial charge in [0.15, 0.2) is 0 Å². The number of halogens is 1. The van der Waals surface area contributed by atoms with Gasteiger partial charge in [0.25, 0.3) is 0 Å². The summed E-state index contributed by atoms with van der Waals surface area (Å²) in [5.41, 5.74) is 1.34. The zero-order valence-electron chi connectivity index (χ0n) is 8.96. The summed E-state index contributed by atoms with van der Waals surface area (Å²) in [7, 11) is 0. The van der Waals surface area contributed by atoms with Gasteiger partial charge in [-0.2, -0.15) is 0 Å². The van der Waals surface area contributed by atoms with E-state index in [2.05, 4.69) is 57.8 Å². The Morgan fingerprint density at radius 1 is 1.47 bits per heavy atom. The summed E-state index contributed by atoms with van der Waals surface area (Å²) in [6, 6.07) is 9.44. The molecule has 2 N–H and O–H groups in total. The normalized spacial score (nSPS) is 22.9. The maximum atomic E-state index is 3.64. The Morgan fingerprint density at radius 2 is 2.27 bits per heavy atom. The topological polar surface area (TPSA) is 24.1 Å². The number of rotatable bonds is 3. The highest BCUT2D eigenvalue weighted by Crippen LogP contribution is 2.23. The van der Waals surface area contributed by atoms with E-state index in [0.717, 1.165) is 13.1 Å². The number of nitrogens with one attached hydrogen (secondary N) is 2. The summed E-state index contributed by atoms with van der Waals surface area (Å²) in [5, 5.41) is 7.01. The van der Waals surface area contributed by atoms with Gasteiger partial charge in [-0.15, -0.1) is 0 Å². The lowest BCUT2D eigenvalue weighted by atomic mass is 10.1. The van der Waals surface area contributed by atoms with Crippen LogP contribution in [0.15, 0.2) is 28.7 Å². The highest BCUT2D eigenvalue weighted by Gasteiger charge is 2.17. The van der Waals surface area contributed by atoms with E-state index in [0.29, 0.717) is 12.1 Å². The van der Waals surface area contributed by atoms with Crippen LogP contribution < -0.4 is 10.6 Å². The van der Waals surface area contributed by atoms with E-state index in [-0.39, 0.29) is 0 Å². The highest BCUT2D eigenvalue weighted by atomic mass is 79.9. The third-order valence-electron chi connectivity index (χ3n) is 2.92. The van der Waals surface area contributed by atoms with Gasteiger partial charge in [0, 0.05) is 23.1 Å². The number of benzene rings is 1. The Kier molecular flexibility index (Phi) is 3.78. The van der Waals surface area contributed by atoms with Gasteiger partial charge >= 0.3 is 0 Å². The first-order valence-corrected chi connectivity index (χ1v) is 6.28. The van der Waals surface area contributed by atoms with Crippen molar-refractivity contribution in [2.45, 2.75) is 25.4 Å². The van der Waals surface area contributed by atoms with Crippen molar-refractivity contribution in [1.82, 2.24) is 10.6 Å². The van der Waals surface area contributed by atoms with Crippen molar-refractivity contribution in [1.29, 1.82) is 0 Å². The van der Waals surface area contributed by atoms with Crippen LogP contribution in [0, 0.1) is 0 Å². The van der Waals surface area contributed by atoms with Crippen LogP contribution in [-0.4, -0.2) is 19.1 Å². The zero-order valence-corrected chi connectivity index (χ0v) is 10.5. The molecule has 15 heavy (non-hydrogen) atoms. The van der Waals surface area contributed by atoms with Crippen molar-refractivity contribution >= 4 is 15.9 Å². The van der Waals surface area contributed by atoms with Crippen molar-refractivity contribution in [2.75, 3.05) is 13.1 Å². The summed E-state index contributed by atoms with van der Waals surface area (Å²) in [6.45, 7) is 4.45. The molecule has 1 aromatic carbocycles. The molecule has 2 rings (SSSR count). The largest absolute Gasteiger partial charge is 0.315 e. The van der Waals surface area contributed by atoms with E-state index in [1.54, 1.807) is 0 Å². The van der Waals surface area contributed by atoms with Crippen LogP contribution >= 0.6 is 15.9 Å². The third-order valence-corrected chi connectivity index (χ3v) is 3.64. The van der Waals surface area contributed by atoms with Gasteiger partial charge in [-0.1, -0.05) is 34.1 Å². The molecule has 0 amide bonds. The highest BCUT2D eigenvalue weighted by molar-refractivity contribution is 9.10. The minimum atomic E-state index is 0.408. The minimum absolute atomic E-state index is 0.408. The standard InChI is InChI=1S/C12H17BrN2/c1-9(15-10-6-7-14-8-10)11-4-2-3-5-12(11)13/h2-5,9-10,14-15H,6-8H2,1H3/t9-,10?/m0/s1. The summed E-state index contributed by atoms with van der Waals surface area (Å²) in [6.07, 6.45) is 1.23. The number of hydrogen-bond acceptors (Lipinski definition) is 2. The first-order valence-electron chi connectivity index (χ1n) is 5.48. The lowest BCUT2D eigenvalue weighted by Crippen LogP contribution is -2.33. The van der Waals surface area contributed by atoms with Gasteiger partial charge in [0.2, 0.25) is 0 Å². The Bertz CT molecular complexity index is 321. The first-order chi connectivity index (χ1) is 7.27. The average molecular weight is 269 g/mol. The van der Waals surface area contributed by atoms with E-state index < -0.39 is 0 Å². The van der Waals surface area contributed by atoms with Crippen molar-refractivity contribution < 1.29 is 0 Å². The third kappa shape index (κ3) is 2.80. The van der Waals surface area contributed by atoms with Crippen LogP contribution in [0.4, 0.5) is 0 Å². The zero-order chi connectivity index (χ0) is 10.7. The Labute approximate surface area is 99.6 Å². The average Bonchev–Trinajstić information content (AvgIpc) is 2.71. The molecular weight excluding hydrogens is 252 g/mol. The predicted molar refractivity (Wildman–Crippen MR) is 67.0 cm³/mol. The lowest BCUT2D eigenvalue weighted by Gasteiger charge is -2.20. The molecule has 0 radical (unpaired) electrons. The van der Waals surface area contributed by atoms with Crippen molar-refractivity contribution in [3.8, 4) is 0 Å². The molecule has 1 heterocycles. The molecule has 1 aromatic rings. The van der Waals surface area contributed by atoms with Crippen LogP contribution in [0.25, 0.3) is 0 Å². The molecule has 1 saturated heterocycles. The van der Waals surface area contributed by atoms with Gasteiger partial charge in [-0.05, 0) is 31.5 Å². The molecule has 3 heteroatoms. The molecule has 82 valence electrons. The van der Waals surface area contributed by atoms with Crippen LogP contribution in [0.1, 0.15) is 24.9 Å². The van der Waals surface area contributed by atoms with Gasteiger partial charge < -0.3 is 10.6 Å². The van der Waals surface area contributed by atoms with E-state index in [9.17, 15) is 0 Å². The maximum Gasteiger partial charge on any atom is 0.0306 e. The van der Waals surface area contributed by atoms with E-state index in [4.69, 9.17) is 0 Å². The maximum absolute atomic E-state index is 3.64. The molecule has 0 aliphatic carbocycles. The molecule has 2 atom stereocenters. The molecule has 1 aliphatic heterocycles. The Balaban J connectivity index is 2.00. The molecule has 1 aliphatic rings. The van der Waals surface area contributed by atoms with Crippen molar-refractivity contribution in [3.63, 3.8) is 0 Å². The molecule has 0 aromatic heterocycles. The van der Waals surface area contributed by atoms with Crippen molar-refractivity contribution in [3.05, 3.63) is 34.3 Å². The molecule has 1 unspecified atom stereocenters. The SMILES string of the molecule is C[C@H](NC1CCNC1)c1ccccc1Br. The number of hydrogen-bond donors (Lipinski definition) is 2. The molecule has 0 saturated carbocycles. The minimum Gasteiger partial charge on any atom is -0.315 e. The second-order valence-corrected chi connectivity index (χ2v) is 4.95. The molecule has 0 bridgehead atoms. The van der Waals surface area contributed by atoms with Crippen LogP contribution in [0.3, 0.4) is 0 Å². The van der Waals surface area contributed by atoms with Gasteiger partial charge in [0.1, 0.15) is 0 Å². The monoisotopic (exact) mass is 268 g/mol. The fraction of sp³-hybridized carbons (Fsp3) is 0.500. The summed E-state index contributed by atoms with van der Waals surface area (Å²) >= 11 is 3.59. The second-order valence-electron chi connectivity index (χ2n) is 4.10. The predicted octanol–water partition coefficient (Wildman–Crippen LogP) is 2.46. The molecular formula is C12H17BrN2. The van der Waals surface area contributed by atoms with Gasteiger partial charge in [-0.25, -0.2) is 0 Å². The Morgan fingerprint density at radius 3 is 2.93 bits per heavy atom. The fourth-order valence-electron chi connectivity index (χ4n) is 2.07. The summed E-state index contributed by atoms with van der Waals surface area (Å²) in [4.78, 5) is 0. The van der Waals surface area contributed by atoms with E-state index in [1.165, 1.54) is 16.5 Å². The van der Waals surface area contributed by atoms with Crippen molar-refractivity contribution in [2.24, 2.45) is 0 Å². The Hall–Kier alpha value is -0.380. The molecule has 2 nitrogen and oxygen atoms in total. The van der Waals surface area contributed by atoms with Crippen LogP contribution in [0.5, 0.6) is 0 Å². The van der Waals surface area contributed by atoms with Gasteiger partial charge in [0.05, 0.1) is 0 Å². The van der Waals surface area contributed by atoms with Crippen LogP contribution in [-0.2, 0) is 0 Å². The molecule has 1 fully saturated rings. The van der Waals surface area contributed by atoms with Crippen LogP contribution in [0.2, 0.25) is 0 Å². The molecule has 0 spiro atoms.